The van der Waals surface area contributed by atoms with Gasteiger partial charge < -0.3 is 4.74 Å². The summed E-state index contributed by atoms with van der Waals surface area (Å²) in [7, 11) is 0. The number of hydrogen-bond donors (Lipinski definition) is 0. The second kappa shape index (κ2) is 9.38. The molecule has 0 aliphatic heterocycles. The molecule has 0 radical (unpaired) electrons. The van der Waals surface area contributed by atoms with Crippen molar-refractivity contribution in [3.63, 3.8) is 0 Å². The van der Waals surface area contributed by atoms with Crippen LogP contribution in [0.15, 0.2) is 0 Å². The van der Waals surface area contributed by atoms with Gasteiger partial charge in [0.05, 0.1) is 12.7 Å². The summed E-state index contributed by atoms with van der Waals surface area (Å²) in [5.41, 5.74) is 1.35. The van der Waals surface area contributed by atoms with Gasteiger partial charge in [0.15, 0.2) is 0 Å². The Morgan fingerprint density at radius 2 is 1.22 bits per heavy atom. The molecule has 0 rings (SSSR count). The Labute approximate surface area is 118 Å². The molecular formula is C15H36GeO2. The van der Waals surface area contributed by atoms with Gasteiger partial charge in [-0.2, -0.15) is 0 Å². The van der Waals surface area contributed by atoms with Crippen molar-refractivity contribution in [1.29, 1.82) is 0 Å². The van der Waals surface area contributed by atoms with Crippen LogP contribution < -0.4 is 0 Å². The maximum atomic E-state index is 5.49. The van der Waals surface area contributed by atoms with Crippen molar-refractivity contribution in [2.75, 3.05) is 12.0 Å². The minimum atomic E-state index is -1.38. The minimum absolute atomic E-state index is 0.310. The van der Waals surface area contributed by atoms with E-state index < -0.39 is 13.3 Å². The number of ether oxygens (including phenoxy) is 2. The first-order valence-corrected chi connectivity index (χ1v) is 14.8. The van der Waals surface area contributed by atoms with Crippen LogP contribution >= 0.6 is 0 Å². The molecule has 0 spiro atoms. The van der Waals surface area contributed by atoms with Crippen molar-refractivity contribution in [2.24, 2.45) is 5.41 Å². The third kappa shape index (κ3) is 25.3. The van der Waals surface area contributed by atoms with Gasteiger partial charge in [0.25, 0.3) is 0 Å². The summed E-state index contributed by atoms with van der Waals surface area (Å²) >= 11 is -1.38. The monoisotopic (exact) mass is 322 g/mol. The van der Waals surface area contributed by atoms with Crippen LogP contribution in [0.3, 0.4) is 0 Å². The molecule has 0 heterocycles. The average molecular weight is 321 g/mol. The van der Waals surface area contributed by atoms with Crippen LogP contribution in [0.2, 0.25) is 17.3 Å². The zero-order valence-electron chi connectivity index (χ0n) is 14.4. The van der Waals surface area contributed by atoms with Crippen LogP contribution in [0.4, 0.5) is 0 Å². The second-order valence-corrected chi connectivity index (χ2v) is 19.2. The van der Waals surface area contributed by atoms with E-state index in [0.717, 1.165) is 12.0 Å². The summed E-state index contributed by atoms with van der Waals surface area (Å²) in [5.74, 6) is 7.09. The predicted octanol–water partition coefficient (Wildman–Crippen LogP) is 4.75. The average Bonchev–Trinajstić information content (AvgIpc) is 2.10. The summed E-state index contributed by atoms with van der Waals surface area (Å²) in [5, 5.41) is 0. The Balaban J connectivity index is 0. The fourth-order valence-electron chi connectivity index (χ4n) is 0.833. The van der Waals surface area contributed by atoms with Gasteiger partial charge in [-0.15, -0.1) is 0 Å². The van der Waals surface area contributed by atoms with E-state index in [4.69, 9.17) is 9.47 Å². The molecule has 0 bridgehead atoms. The Morgan fingerprint density at radius 3 is 1.33 bits per heavy atom. The molecule has 0 aromatic rings. The predicted molar refractivity (Wildman–Crippen MR) is 85.0 cm³/mol. The van der Waals surface area contributed by atoms with E-state index in [1.54, 1.807) is 0 Å². The maximum absolute atomic E-state index is 5.49. The summed E-state index contributed by atoms with van der Waals surface area (Å²) in [4.78, 5) is 0. The molecule has 0 aromatic carbocycles. The fraction of sp³-hybridized carbons (Fsp3) is 1.00. The van der Waals surface area contributed by atoms with Crippen molar-refractivity contribution >= 4 is 13.3 Å². The molecule has 18 heavy (non-hydrogen) atoms. The van der Waals surface area contributed by atoms with E-state index in [-0.39, 0.29) is 0 Å². The molecule has 0 aliphatic carbocycles. The normalized spacial score (nSPS) is 12.7. The topological polar surface area (TPSA) is 18.5 Å². The Morgan fingerprint density at radius 1 is 0.833 bits per heavy atom. The zero-order valence-corrected chi connectivity index (χ0v) is 16.5. The van der Waals surface area contributed by atoms with Crippen LogP contribution in [-0.4, -0.2) is 37.5 Å². The third-order valence-corrected chi connectivity index (χ3v) is 3.87. The Bertz CT molecular complexity index is 166. The van der Waals surface area contributed by atoms with Gasteiger partial charge >= 0.3 is 60.7 Å². The zero-order chi connectivity index (χ0) is 15.0. The molecule has 0 fully saturated rings. The van der Waals surface area contributed by atoms with E-state index >= 15 is 0 Å². The molecule has 0 atom stereocenters. The molecule has 0 aliphatic rings. The molecule has 3 heteroatoms. The van der Waals surface area contributed by atoms with Crippen molar-refractivity contribution in [2.45, 2.75) is 77.9 Å². The molecule has 0 saturated carbocycles. The Hall–Kier alpha value is 0.463. The second-order valence-electron chi connectivity index (χ2n) is 7.84. The molecule has 2 nitrogen and oxygen atoms in total. The third-order valence-electron chi connectivity index (χ3n) is 1.70. The van der Waals surface area contributed by atoms with Crippen molar-refractivity contribution in [1.82, 2.24) is 0 Å². The van der Waals surface area contributed by atoms with Gasteiger partial charge in [0.2, 0.25) is 0 Å². The van der Waals surface area contributed by atoms with Crippen LogP contribution in [0, 0.1) is 5.41 Å². The molecule has 112 valence electrons. The van der Waals surface area contributed by atoms with Gasteiger partial charge in [-0.1, -0.05) is 20.8 Å². The quantitative estimate of drug-likeness (QED) is 0.681. The molecule has 0 aromatic heterocycles. The summed E-state index contributed by atoms with van der Waals surface area (Å²) < 4.78 is 10.9. The molecule has 0 unspecified atom stereocenters. The van der Waals surface area contributed by atoms with Crippen LogP contribution in [0.25, 0.3) is 0 Å². The molecule has 0 saturated heterocycles. The van der Waals surface area contributed by atoms with Gasteiger partial charge in [-0.25, -0.2) is 0 Å². The van der Waals surface area contributed by atoms with Crippen molar-refractivity contribution < 1.29 is 9.47 Å². The van der Waals surface area contributed by atoms with Crippen LogP contribution in [0.1, 0.15) is 48.5 Å². The number of rotatable bonds is 5. The summed E-state index contributed by atoms with van der Waals surface area (Å²) in [6, 6.07) is 0. The SMILES string of the molecule is CC(C)OCC(C)(C)C.CC(C)O[CH2][Ge]([CH3])([CH3])[CH3]. The van der Waals surface area contributed by atoms with Crippen molar-refractivity contribution in [3.05, 3.63) is 0 Å². The van der Waals surface area contributed by atoms with Crippen molar-refractivity contribution in [3.8, 4) is 0 Å². The van der Waals surface area contributed by atoms with Gasteiger partial charge in [0.1, 0.15) is 0 Å². The first-order valence-electron chi connectivity index (χ1n) is 7.07. The van der Waals surface area contributed by atoms with Gasteiger partial charge in [-0.05, 0) is 19.3 Å². The molecular weight excluding hydrogens is 285 g/mol. The fourth-order valence-corrected chi connectivity index (χ4v) is 2.58. The van der Waals surface area contributed by atoms with E-state index in [0.29, 0.717) is 17.6 Å². The molecule has 0 amide bonds. The van der Waals surface area contributed by atoms with E-state index in [1.165, 1.54) is 0 Å². The summed E-state index contributed by atoms with van der Waals surface area (Å²) in [6.45, 7) is 15.7. The van der Waals surface area contributed by atoms with Gasteiger partial charge in [0, 0.05) is 0 Å². The van der Waals surface area contributed by atoms with E-state index in [9.17, 15) is 0 Å². The van der Waals surface area contributed by atoms with Crippen LogP contribution in [-0.2, 0) is 9.47 Å². The van der Waals surface area contributed by atoms with E-state index in [2.05, 4.69) is 65.7 Å². The van der Waals surface area contributed by atoms with Crippen LogP contribution in [0.5, 0.6) is 0 Å². The summed E-state index contributed by atoms with van der Waals surface area (Å²) in [6.07, 6.45) is 0.777. The first-order chi connectivity index (χ1) is 7.83. The Kier molecular flexibility index (Phi) is 10.8. The standard InChI is InChI=1S/C8H18O.C7H18GeO/c2*1-7(2)9-6-8(3,4)5/h2*7H,6H2,1-5H3. The van der Waals surface area contributed by atoms with E-state index in [1.807, 2.05) is 0 Å². The first kappa shape index (κ1) is 20.8. The van der Waals surface area contributed by atoms with Gasteiger partial charge in [-0.3, -0.25) is 0 Å². The molecule has 0 N–H and O–H groups in total. The number of hydrogen-bond acceptors (Lipinski definition) is 2.